The molecule has 0 saturated carbocycles. The van der Waals surface area contributed by atoms with Crippen molar-refractivity contribution in [1.82, 2.24) is 0 Å². The molecule has 16 valence electrons. The van der Waals surface area contributed by atoms with E-state index >= 15 is 0 Å². The van der Waals surface area contributed by atoms with Crippen LogP contribution in [-0.4, -0.2) is 59.3 Å². The summed E-state index contributed by atoms with van der Waals surface area (Å²) >= 11 is 0. The van der Waals surface area contributed by atoms with Crippen LogP contribution in [0.5, 0.6) is 0 Å². The van der Waals surface area contributed by atoms with Gasteiger partial charge in [0.15, 0.2) is 17.4 Å². The van der Waals surface area contributed by atoms with Gasteiger partial charge in [-0.2, -0.15) is 0 Å². The maximum atomic E-state index is 0. The van der Waals surface area contributed by atoms with Crippen LogP contribution in [-0.2, 0) is 21.7 Å². The van der Waals surface area contributed by atoms with Gasteiger partial charge in [0.2, 0.25) is 0 Å². The topological polar surface area (TPSA) is 0 Å². The molecule has 4 heavy (non-hydrogen) atoms. The van der Waals surface area contributed by atoms with Crippen molar-refractivity contribution < 1.29 is 21.7 Å². The van der Waals surface area contributed by atoms with Crippen molar-refractivity contribution in [3.63, 3.8) is 0 Å². The molecule has 0 amide bonds. The summed E-state index contributed by atoms with van der Waals surface area (Å²) in [5, 5.41) is 0. The Morgan fingerprint density at radius 1 is 1.00 bits per heavy atom. The van der Waals surface area contributed by atoms with Gasteiger partial charge in [0.05, 0.1) is 0 Å². The predicted octanol–water partition coefficient (Wildman–Crippen LogP) is -2.75. The molecule has 0 atom stereocenters. The van der Waals surface area contributed by atoms with Gasteiger partial charge >= 0.3 is 41.9 Å². The van der Waals surface area contributed by atoms with Crippen LogP contribution in [0.3, 0.4) is 0 Å². The fraction of sp³-hybridized carbons (Fsp3) is 0. The van der Waals surface area contributed by atoms with E-state index in [1.165, 1.54) is 0 Å². The van der Waals surface area contributed by atoms with E-state index in [0.717, 1.165) is 0 Å². The Morgan fingerprint density at radius 2 is 1.00 bits per heavy atom. The second-order valence-electron chi connectivity index (χ2n) is 0. The maximum Gasteiger partial charge on any atom is 0.316 e. The first-order valence-corrected chi connectivity index (χ1v) is 0. The van der Waals surface area contributed by atoms with E-state index in [1.807, 2.05) is 0 Å². The quantitative estimate of drug-likeness (QED) is 0.298. The van der Waals surface area contributed by atoms with Crippen molar-refractivity contribution in [1.29, 1.82) is 0 Å². The minimum Gasteiger partial charge on any atom is 0 e. The van der Waals surface area contributed by atoms with Crippen LogP contribution in [0.2, 0.25) is 0 Å². The van der Waals surface area contributed by atoms with Gasteiger partial charge in [-0.05, 0) is 0 Å². The molecule has 0 unspecified atom stereocenters. The summed E-state index contributed by atoms with van der Waals surface area (Å²) in [5.74, 6) is 0. The molecule has 0 fully saturated rings. The largest absolute Gasteiger partial charge is 0.316 e. The molecular formula is H6AlLiMgTi. The zero-order valence-corrected chi connectivity index (χ0v) is 2.06. The van der Waals surface area contributed by atoms with Crippen LogP contribution in [0.25, 0.3) is 0 Å². The third-order valence-electron chi connectivity index (χ3n) is 0. The molecule has 0 rings (SSSR count). The molecule has 0 spiro atoms. The summed E-state index contributed by atoms with van der Waals surface area (Å²) in [6, 6.07) is 0. The zero-order chi connectivity index (χ0) is 0. The molecule has 0 heterocycles. The van der Waals surface area contributed by atoms with Crippen LogP contribution in [0.1, 0.15) is 0 Å². The fourth-order valence-electron chi connectivity index (χ4n) is 0. The molecule has 0 aromatic carbocycles. The summed E-state index contributed by atoms with van der Waals surface area (Å²) in [6.07, 6.45) is 0. The molecule has 0 N–H and O–H groups in total. The van der Waals surface area contributed by atoms with E-state index in [9.17, 15) is 0 Å². The predicted molar refractivity (Wildman–Crippen MR) is 25.6 cm³/mol. The Labute approximate surface area is 79.8 Å². The summed E-state index contributed by atoms with van der Waals surface area (Å²) in [6.45, 7) is 0. The second kappa shape index (κ2) is 17.5. The molecule has 0 aromatic rings. The van der Waals surface area contributed by atoms with Gasteiger partial charge in [0.1, 0.15) is 0 Å². The van der Waals surface area contributed by atoms with Crippen LogP contribution in [0, 0.1) is 0 Å². The van der Waals surface area contributed by atoms with Crippen molar-refractivity contribution in [3.8, 4) is 0 Å². The normalized spacial score (nSPS) is 0. The average molecular weight is 112 g/mol. The van der Waals surface area contributed by atoms with Gasteiger partial charge in [-0.1, -0.05) is 0 Å². The van der Waals surface area contributed by atoms with E-state index in [1.54, 1.807) is 0 Å². The molecule has 4 heteroatoms. The van der Waals surface area contributed by atoms with Gasteiger partial charge in [0.25, 0.3) is 0 Å². The van der Waals surface area contributed by atoms with Crippen LogP contribution in [0.15, 0.2) is 0 Å². The molecule has 0 nitrogen and oxygen atoms in total. The Morgan fingerprint density at radius 3 is 1.00 bits per heavy atom. The van der Waals surface area contributed by atoms with Gasteiger partial charge in [-0.15, -0.1) is 0 Å². The number of hydrogen-bond acceptors (Lipinski definition) is 0. The third kappa shape index (κ3) is 8.82. The van der Waals surface area contributed by atoms with E-state index in [2.05, 4.69) is 0 Å². The standard InChI is InChI=1S/Al.Li.Mg.Ti.6H. The van der Waals surface area contributed by atoms with Gasteiger partial charge in [0, 0.05) is 21.7 Å². The monoisotopic (exact) mass is 112 g/mol. The summed E-state index contributed by atoms with van der Waals surface area (Å²) in [4.78, 5) is 0. The van der Waals surface area contributed by atoms with Crippen molar-refractivity contribution in [2.24, 2.45) is 0 Å². The van der Waals surface area contributed by atoms with E-state index in [-0.39, 0.29) is 81.0 Å². The molecule has 0 aliphatic heterocycles. The molecule has 0 radical (unpaired) electrons. The molecule has 0 saturated heterocycles. The second-order valence-corrected chi connectivity index (χ2v) is 0. The van der Waals surface area contributed by atoms with Crippen molar-refractivity contribution in [2.75, 3.05) is 0 Å². The van der Waals surface area contributed by atoms with Gasteiger partial charge < -0.3 is 0 Å². The average Bonchev–Trinajstić information content (AvgIpc) is 0. The van der Waals surface area contributed by atoms with Crippen molar-refractivity contribution in [3.05, 3.63) is 0 Å². The van der Waals surface area contributed by atoms with Crippen LogP contribution >= 0.6 is 0 Å². The molecular weight excluding hydrogens is 106 g/mol. The summed E-state index contributed by atoms with van der Waals surface area (Å²) < 4.78 is 0. The Kier molecular flexibility index (Phi) is 134. The molecule has 0 aromatic heterocycles. The first-order valence-electron chi connectivity index (χ1n) is 0. The molecule has 0 bridgehead atoms. The molecule has 0 aliphatic rings. The van der Waals surface area contributed by atoms with Crippen LogP contribution in [0.4, 0.5) is 0 Å². The SMILES string of the molecule is [AlH3].[LiH].[MgH2].[Ti]. The van der Waals surface area contributed by atoms with Crippen molar-refractivity contribution in [2.45, 2.75) is 0 Å². The van der Waals surface area contributed by atoms with Gasteiger partial charge in [-0.25, -0.2) is 0 Å². The van der Waals surface area contributed by atoms with E-state index in [0.29, 0.717) is 0 Å². The number of rotatable bonds is 0. The minimum atomic E-state index is 0. The summed E-state index contributed by atoms with van der Waals surface area (Å²) in [5.41, 5.74) is 0. The number of hydrogen-bond donors (Lipinski definition) is 0. The van der Waals surface area contributed by atoms with Gasteiger partial charge in [-0.3, -0.25) is 0 Å². The van der Waals surface area contributed by atoms with Crippen LogP contribution < -0.4 is 0 Å². The Balaban J connectivity index is 0. The van der Waals surface area contributed by atoms with E-state index < -0.39 is 0 Å². The fourth-order valence-corrected chi connectivity index (χ4v) is 0. The third-order valence-corrected chi connectivity index (χ3v) is 0. The maximum absolute atomic E-state index is 0. The zero-order valence-electron chi connectivity index (χ0n) is 0.500. The molecule has 0 aliphatic carbocycles. The van der Waals surface area contributed by atoms with E-state index in [4.69, 9.17) is 0 Å². The first kappa shape index (κ1) is 30.5. The Hall–Kier alpha value is 2.61. The first-order chi connectivity index (χ1) is 0. The smallest absolute Gasteiger partial charge is 0 e. The Bertz CT molecular complexity index is 8.00. The minimum absolute atomic E-state index is 0. The summed E-state index contributed by atoms with van der Waals surface area (Å²) in [7, 11) is 0. The van der Waals surface area contributed by atoms with Crippen molar-refractivity contribution >= 4 is 59.3 Å².